The number of para-hydroxylation sites is 1. The van der Waals surface area contributed by atoms with Crippen LogP contribution in [0.4, 0.5) is 5.69 Å². The fourth-order valence-corrected chi connectivity index (χ4v) is 4.36. The minimum Gasteiger partial charge on any atom is -0.385 e. The van der Waals surface area contributed by atoms with Gasteiger partial charge in [-0.25, -0.2) is 0 Å². The van der Waals surface area contributed by atoms with Crippen molar-refractivity contribution in [3.63, 3.8) is 0 Å². The van der Waals surface area contributed by atoms with Crippen molar-refractivity contribution in [3.05, 3.63) is 52.7 Å². The number of thiophene rings is 1. The largest absolute Gasteiger partial charge is 0.385 e. The van der Waals surface area contributed by atoms with Gasteiger partial charge in [0.1, 0.15) is 0 Å². The zero-order valence-corrected chi connectivity index (χ0v) is 45.2. The van der Waals surface area contributed by atoms with Crippen LogP contribution < -0.4 is 10.6 Å². The van der Waals surface area contributed by atoms with Crippen LogP contribution in [-0.2, 0) is 6.42 Å². The maximum absolute atomic E-state index is 3.36. The van der Waals surface area contributed by atoms with Crippen molar-refractivity contribution in [1.82, 2.24) is 5.32 Å². The fraction of sp³-hybridized carbons (Fsp3) is 0.815. The smallest absolute Gasteiger partial charge is 0.0372 e. The van der Waals surface area contributed by atoms with E-state index in [-0.39, 0.29) is 0 Å². The molecule has 2 aliphatic carbocycles. The molecule has 6 rings (SSSR count). The molecule has 1 aromatic carbocycles. The first kappa shape index (κ1) is 73.2. The highest BCUT2D eigenvalue weighted by Crippen LogP contribution is 2.35. The van der Waals surface area contributed by atoms with E-state index in [4.69, 9.17) is 0 Å². The maximum atomic E-state index is 3.36. The standard InChI is InChI=1S/C9H11N.C6H12.C5H10.C4H9N.C4H4S.4C4H10.5C2H6/c1-2-6-9-8(4-1)5-3-7-10-9;1-5(2)6-3-4-6;3*1-2-4-5-3-1;4*1-4(2)3;5*1-2/h1-2,4,6,10H,3,5,7H2;5-6H,3-4H2,1-2H3;1-5H2;5H,1-4H2;1-4H;4*4H,1-3H3;5*1-2H3. The number of benzene rings is 1. The number of anilines is 1. The van der Waals surface area contributed by atoms with Crippen LogP contribution in [0.25, 0.3) is 0 Å². The molecule has 1 aromatic heterocycles. The predicted molar refractivity (Wildman–Crippen MR) is 279 cm³/mol. The molecular formula is C54H116N2S. The van der Waals surface area contributed by atoms with E-state index in [1.54, 1.807) is 11.3 Å². The van der Waals surface area contributed by atoms with Gasteiger partial charge in [-0.1, -0.05) is 229 Å². The Balaban J connectivity index is -0.0000000782. The van der Waals surface area contributed by atoms with Crippen molar-refractivity contribution in [2.75, 3.05) is 25.0 Å². The Morgan fingerprint density at radius 2 is 0.772 bits per heavy atom. The van der Waals surface area contributed by atoms with E-state index < -0.39 is 0 Å². The normalized spacial score (nSPS) is 13.1. The molecule has 2 nitrogen and oxygen atoms in total. The molecule has 0 unspecified atom stereocenters. The Hall–Kier alpha value is -1.32. The number of aryl methyl sites for hydroxylation is 1. The third-order valence-electron chi connectivity index (χ3n) is 6.15. The van der Waals surface area contributed by atoms with Crippen LogP contribution in [0.2, 0.25) is 0 Å². The lowest BCUT2D eigenvalue weighted by atomic mass is 10.0. The Morgan fingerprint density at radius 1 is 0.439 bits per heavy atom. The Labute approximate surface area is 370 Å². The third kappa shape index (κ3) is 101. The second-order valence-electron chi connectivity index (χ2n) is 16.2. The summed E-state index contributed by atoms with van der Waals surface area (Å²) in [7, 11) is 0. The highest BCUT2D eigenvalue weighted by Gasteiger charge is 2.23. The lowest BCUT2D eigenvalue weighted by molar-refractivity contribution is 0.563. The van der Waals surface area contributed by atoms with Crippen LogP contribution in [0, 0.1) is 35.5 Å². The van der Waals surface area contributed by atoms with E-state index in [1.807, 2.05) is 92.1 Å². The highest BCUT2D eigenvalue weighted by molar-refractivity contribution is 7.07. The summed E-state index contributed by atoms with van der Waals surface area (Å²) in [4.78, 5) is 0. The molecule has 57 heavy (non-hydrogen) atoms. The Kier molecular flexibility index (Phi) is 89.0. The third-order valence-corrected chi connectivity index (χ3v) is 6.78. The summed E-state index contributed by atoms with van der Waals surface area (Å²) in [5.74, 6) is 5.40. The molecular weight excluding hydrogens is 709 g/mol. The number of fused-ring (bicyclic) bond motifs is 1. The molecule has 1 saturated heterocycles. The summed E-state index contributed by atoms with van der Waals surface area (Å²) in [6, 6.07) is 12.6. The summed E-state index contributed by atoms with van der Waals surface area (Å²) in [5.41, 5.74) is 2.79. The molecule has 4 aliphatic rings. The zero-order valence-electron chi connectivity index (χ0n) is 44.4. The van der Waals surface area contributed by atoms with Crippen LogP contribution in [-0.4, -0.2) is 19.6 Å². The van der Waals surface area contributed by atoms with Gasteiger partial charge in [0.15, 0.2) is 0 Å². The molecule has 3 heteroatoms. The van der Waals surface area contributed by atoms with Crippen LogP contribution in [0.1, 0.15) is 236 Å². The van der Waals surface area contributed by atoms with Crippen LogP contribution in [0.3, 0.4) is 0 Å². The van der Waals surface area contributed by atoms with E-state index in [0.717, 1.165) is 42.1 Å². The van der Waals surface area contributed by atoms with Gasteiger partial charge in [0, 0.05) is 12.2 Å². The van der Waals surface area contributed by atoms with Gasteiger partial charge in [-0.3, -0.25) is 0 Å². The second-order valence-corrected chi connectivity index (χ2v) is 17.0. The van der Waals surface area contributed by atoms with Gasteiger partial charge in [0.05, 0.1) is 0 Å². The lowest BCUT2D eigenvalue weighted by Crippen LogP contribution is -2.10. The van der Waals surface area contributed by atoms with Crippen molar-refractivity contribution in [1.29, 1.82) is 0 Å². The zero-order chi connectivity index (χ0) is 46.3. The maximum Gasteiger partial charge on any atom is 0.0372 e. The van der Waals surface area contributed by atoms with Crippen molar-refractivity contribution in [3.8, 4) is 0 Å². The monoisotopic (exact) mass is 825 g/mol. The fourth-order valence-electron chi connectivity index (χ4n) is 3.91. The molecule has 0 bridgehead atoms. The van der Waals surface area contributed by atoms with E-state index >= 15 is 0 Å². The minimum absolute atomic E-state index is 0.833. The van der Waals surface area contributed by atoms with Crippen LogP contribution in [0.5, 0.6) is 0 Å². The Morgan fingerprint density at radius 3 is 0.982 bits per heavy atom. The Bertz CT molecular complexity index is 696. The number of rotatable bonds is 1. The van der Waals surface area contributed by atoms with Gasteiger partial charge in [-0.2, -0.15) is 11.3 Å². The second kappa shape index (κ2) is 69.3. The number of nitrogens with one attached hydrogen (secondary N) is 2. The summed E-state index contributed by atoms with van der Waals surface area (Å²) in [6.07, 6.45) is 15.8. The molecule has 3 heterocycles. The summed E-state index contributed by atoms with van der Waals surface area (Å²) < 4.78 is 0. The number of hydrogen-bond donors (Lipinski definition) is 2. The summed E-state index contributed by atoms with van der Waals surface area (Å²) in [5, 5.41) is 10.7. The number of hydrogen-bond acceptors (Lipinski definition) is 3. The molecule has 0 spiro atoms. The molecule has 348 valence electrons. The van der Waals surface area contributed by atoms with Gasteiger partial charge in [0.25, 0.3) is 0 Å². The van der Waals surface area contributed by atoms with Crippen molar-refractivity contribution < 1.29 is 0 Å². The van der Waals surface area contributed by atoms with Crippen molar-refractivity contribution in [2.24, 2.45) is 35.5 Å². The molecule has 2 N–H and O–H groups in total. The van der Waals surface area contributed by atoms with Crippen LogP contribution in [0.15, 0.2) is 47.2 Å². The van der Waals surface area contributed by atoms with Gasteiger partial charge in [-0.05, 0) is 110 Å². The van der Waals surface area contributed by atoms with Crippen molar-refractivity contribution in [2.45, 2.75) is 237 Å². The lowest BCUT2D eigenvalue weighted by Gasteiger charge is -2.16. The predicted octanol–water partition coefficient (Wildman–Crippen LogP) is 19.9. The molecule has 2 saturated carbocycles. The first-order valence-corrected chi connectivity index (χ1v) is 25.6. The van der Waals surface area contributed by atoms with Gasteiger partial charge in [0.2, 0.25) is 0 Å². The average molecular weight is 826 g/mol. The van der Waals surface area contributed by atoms with Crippen LogP contribution >= 0.6 is 11.3 Å². The topological polar surface area (TPSA) is 24.1 Å². The van der Waals surface area contributed by atoms with E-state index in [0.29, 0.717) is 0 Å². The quantitative estimate of drug-likeness (QED) is 0.299. The SMILES string of the molecule is C1CCCC1.C1CCNC1.CC.CC.CC.CC.CC.CC(C)C.CC(C)C.CC(C)C.CC(C)C.CC(C)C1CC1.c1ccc2c(c1)CCCN2.c1ccsc1. The average Bonchev–Trinajstić information content (AvgIpc) is 3.71. The van der Waals surface area contributed by atoms with E-state index in [9.17, 15) is 0 Å². The summed E-state index contributed by atoms with van der Waals surface area (Å²) >= 11 is 1.71. The molecule has 3 fully saturated rings. The molecule has 0 radical (unpaired) electrons. The first-order valence-electron chi connectivity index (χ1n) is 24.7. The van der Waals surface area contributed by atoms with Crippen molar-refractivity contribution >= 4 is 17.0 Å². The molecule has 2 aromatic rings. The molecule has 0 amide bonds. The van der Waals surface area contributed by atoms with E-state index in [2.05, 4.69) is 132 Å². The first-order chi connectivity index (χ1) is 27.2. The molecule has 0 atom stereocenters. The van der Waals surface area contributed by atoms with E-state index in [1.165, 1.54) is 95.0 Å². The van der Waals surface area contributed by atoms with Gasteiger partial charge in [-0.15, -0.1) is 0 Å². The van der Waals surface area contributed by atoms with Gasteiger partial charge >= 0.3 is 0 Å². The molecule has 2 aliphatic heterocycles. The van der Waals surface area contributed by atoms with Gasteiger partial charge < -0.3 is 10.6 Å². The highest BCUT2D eigenvalue weighted by atomic mass is 32.1. The summed E-state index contributed by atoms with van der Waals surface area (Å²) in [6.45, 7) is 54.2. The minimum atomic E-state index is 0.833.